The van der Waals surface area contributed by atoms with Crippen LogP contribution in [0.5, 0.6) is 0 Å². The minimum Gasteiger partial charge on any atom is -0.379 e. The summed E-state index contributed by atoms with van der Waals surface area (Å²) in [5.74, 6) is 2.66. The van der Waals surface area contributed by atoms with Crippen LogP contribution in [0.2, 0.25) is 0 Å². The van der Waals surface area contributed by atoms with Crippen LogP contribution in [0.25, 0.3) is 0 Å². The summed E-state index contributed by atoms with van der Waals surface area (Å²) in [7, 11) is 0. The lowest BCUT2D eigenvalue weighted by Gasteiger charge is -2.30. The van der Waals surface area contributed by atoms with E-state index in [0.717, 1.165) is 25.8 Å². The molecule has 16 heavy (non-hydrogen) atoms. The van der Waals surface area contributed by atoms with Crippen molar-refractivity contribution in [3.8, 4) is 0 Å². The molecule has 0 aromatic carbocycles. The van der Waals surface area contributed by atoms with Gasteiger partial charge in [0.1, 0.15) is 0 Å². The first-order chi connectivity index (χ1) is 7.84. The lowest BCUT2D eigenvalue weighted by molar-refractivity contribution is 0.0707. The van der Waals surface area contributed by atoms with Crippen LogP contribution in [-0.2, 0) is 4.74 Å². The van der Waals surface area contributed by atoms with Gasteiger partial charge in [0.25, 0.3) is 0 Å². The maximum absolute atomic E-state index is 5.48. The van der Waals surface area contributed by atoms with Gasteiger partial charge in [-0.25, -0.2) is 0 Å². The summed E-state index contributed by atoms with van der Waals surface area (Å²) in [5.41, 5.74) is 0. The maximum Gasteiger partial charge on any atom is 0.0620 e. The Morgan fingerprint density at radius 1 is 1.44 bits per heavy atom. The molecule has 2 aliphatic heterocycles. The zero-order valence-electron chi connectivity index (χ0n) is 10.2. The minimum absolute atomic E-state index is 0.550. The quantitative estimate of drug-likeness (QED) is 0.779. The maximum atomic E-state index is 5.48. The van der Waals surface area contributed by atoms with Crippen molar-refractivity contribution in [2.75, 3.05) is 31.3 Å². The molecule has 2 unspecified atom stereocenters. The van der Waals surface area contributed by atoms with Crippen LogP contribution >= 0.6 is 11.8 Å². The van der Waals surface area contributed by atoms with Gasteiger partial charge in [-0.2, -0.15) is 11.8 Å². The summed E-state index contributed by atoms with van der Waals surface area (Å²) in [5, 5.41) is 7.28. The normalized spacial score (nSPS) is 30.2. The number of nitrogens with one attached hydrogen (secondary N) is 2. The van der Waals surface area contributed by atoms with E-state index in [1.54, 1.807) is 0 Å². The number of ether oxygens (including phenoxy) is 1. The highest BCUT2D eigenvalue weighted by molar-refractivity contribution is 7.99. The summed E-state index contributed by atoms with van der Waals surface area (Å²) < 4.78 is 5.48. The van der Waals surface area contributed by atoms with Gasteiger partial charge in [0.15, 0.2) is 0 Å². The molecule has 0 amide bonds. The van der Waals surface area contributed by atoms with Crippen molar-refractivity contribution >= 4 is 11.8 Å². The average Bonchev–Trinajstić information content (AvgIpc) is 2.31. The number of rotatable bonds is 4. The molecular formula is C12H24N2OS. The number of hydrogen-bond donors (Lipinski definition) is 2. The Hall–Kier alpha value is 0.230. The molecule has 0 bridgehead atoms. The third-order valence-electron chi connectivity index (χ3n) is 3.38. The van der Waals surface area contributed by atoms with E-state index < -0.39 is 0 Å². The topological polar surface area (TPSA) is 33.3 Å². The van der Waals surface area contributed by atoms with E-state index in [1.807, 2.05) is 0 Å². The molecule has 0 radical (unpaired) electrons. The predicted octanol–water partition coefficient (Wildman–Crippen LogP) is 1.24. The molecule has 0 aromatic heterocycles. The number of hydrogen-bond acceptors (Lipinski definition) is 4. The third kappa shape index (κ3) is 4.24. The van der Waals surface area contributed by atoms with Gasteiger partial charge in [-0.1, -0.05) is 0 Å². The molecule has 3 nitrogen and oxygen atoms in total. The largest absolute Gasteiger partial charge is 0.379 e. The highest BCUT2D eigenvalue weighted by atomic mass is 32.2. The molecule has 0 aromatic rings. The minimum atomic E-state index is 0.550. The van der Waals surface area contributed by atoms with Gasteiger partial charge in [-0.05, 0) is 37.7 Å². The zero-order valence-corrected chi connectivity index (χ0v) is 11.0. The molecule has 0 aliphatic carbocycles. The van der Waals surface area contributed by atoms with Crippen molar-refractivity contribution in [2.45, 2.75) is 44.3 Å². The van der Waals surface area contributed by atoms with Crippen molar-refractivity contribution in [1.29, 1.82) is 0 Å². The van der Waals surface area contributed by atoms with Crippen LogP contribution < -0.4 is 10.6 Å². The fourth-order valence-corrected chi connectivity index (χ4v) is 3.64. The lowest BCUT2D eigenvalue weighted by Crippen LogP contribution is -2.47. The molecule has 2 rings (SSSR count). The van der Waals surface area contributed by atoms with E-state index in [9.17, 15) is 0 Å². The third-order valence-corrected chi connectivity index (χ3v) is 4.43. The zero-order chi connectivity index (χ0) is 11.2. The molecule has 2 fully saturated rings. The van der Waals surface area contributed by atoms with Gasteiger partial charge >= 0.3 is 0 Å². The second-order valence-electron chi connectivity index (χ2n) is 4.92. The Labute approximate surface area is 103 Å². The Balaban J connectivity index is 1.64. The molecule has 2 aliphatic rings. The molecule has 2 N–H and O–H groups in total. The molecule has 2 atom stereocenters. The second-order valence-corrected chi connectivity index (χ2v) is 6.14. The Morgan fingerprint density at radius 2 is 2.25 bits per heavy atom. The van der Waals surface area contributed by atoms with Gasteiger partial charge in [-0.15, -0.1) is 0 Å². The summed E-state index contributed by atoms with van der Waals surface area (Å²) in [6.45, 7) is 5.07. The first kappa shape index (κ1) is 12.7. The van der Waals surface area contributed by atoms with Crippen LogP contribution in [0.4, 0.5) is 0 Å². The molecule has 0 saturated carbocycles. The van der Waals surface area contributed by atoms with E-state index in [4.69, 9.17) is 4.74 Å². The first-order valence-corrected chi connectivity index (χ1v) is 7.65. The molecule has 4 heteroatoms. The summed E-state index contributed by atoms with van der Waals surface area (Å²) in [4.78, 5) is 0. The lowest BCUT2D eigenvalue weighted by atomic mass is 10.1. The van der Waals surface area contributed by atoms with Gasteiger partial charge < -0.3 is 15.4 Å². The highest BCUT2D eigenvalue weighted by Gasteiger charge is 2.19. The van der Waals surface area contributed by atoms with E-state index in [1.165, 1.54) is 30.8 Å². The van der Waals surface area contributed by atoms with Crippen LogP contribution in [0.15, 0.2) is 0 Å². The van der Waals surface area contributed by atoms with Gasteiger partial charge in [0.05, 0.1) is 13.2 Å². The predicted molar refractivity (Wildman–Crippen MR) is 70.2 cm³/mol. The molecule has 2 heterocycles. The van der Waals surface area contributed by atoms with Crippen molar-refractivity contribution in [1.82, 2.24) is 10.6 Å². The smallest absolute Gasteiger partial charge is 0.0620 e. The summed E-state index contributed by atoms with van der Waals surface area (Å²) >= 11 is 2.09. The SMILES string of the molecule is CC(CC1COCCN1)NC1CCSCC1. The highest BCUT2D eigenvalue weighted by Crippen LogP contribution is 2.17. The van der Waals surface area contributed by atoms with Crippen LogP contribution in [0, 0.1) is 0 Å². The number of morpholine rings is 1. The van der Waals surface area contributed by atoms with E-state index in [2.05, 4.69) is 29.3 Å². The van der Waals surface area contributed by atoms with E-state index >= 15 is 0 Å². The second kappa shape index (κ2) is 6.84. The monoisotopic (exact) mass is 244 g/mol. The van der Waals surface area contributed by atoms with Crippen molar-refractivity contribution in [2.24, 2.45) is 0 Å². The van der Waals surface area contributed by atoms with Gasteiger partial charge in [-0.3, -0.25) is 0 Å². The van der Waals surface area contributed by atoms with Gasteiger partial charge in [0, 0.05) is 24.7 Å². The molecular weight excluding hydrogens is 220 g/mol. The van der Waals surface area contributed by atoms with Crippen LogP contribution in [-0.4, -0.2) is 49.4 Å². The fraction of sp³-hybridized carbons (Fsp3) is 1.00. The molecule has 0 spiro atoms. The van der Waals surface area contributed by atoms with E-state index in [-0.39, 0.29) is 0 Å². The van der Waals surface area contributed by atoms with Crippen LogP contribution in [0.3, 0.4) is 0 Å². The Bertz CT molecular complexity index is 171. The standard InChI is InChI=1S/C12H24N2OS/c1-10(8-12-9-15-5-4-13-12)14-11-2-6-16-7-3-11/h10-14H,2-9H2,1H3. The van der Waals surface area contributed by atoms with Crippen molar-refractivity contribution < 1.29 is 4.74 Å². The fourth-order valence-electron chi connectivity index (χ4n) is 2.53. The van der Waals surface area contributed by atoms with Crippen molar-refractivity contribution in [3.05, 3.63) is 0 Å². The first-order valence-electron chi connectivity index (χ1n) is 6.49. The molecule has 94 valence electrons. The molecule has 2 saturated heterocycles. The number of thioether (sulfide) groups is 1. The van der Waals surface area contributed by atoms with Crippen LogP contribution in [0.1, 0.15) is 26.2 Å². The Kier molecular flexibility index (Phi) is 5.42. The summed E-state index contributed by atoms with van der Waals surface area (Å²) in [6, 6.07) is 1.90. The average molecular weight is 244 g/mol. The van der Waals surface area contributed by atoms with Gasteiger partial charge in [0.2, 0.25) is 0 Å². The summed E-state index contributed by atoms with van der Waals surface area (Å²) in [6.07, 6.45) is 3.86. The van der Waals surface area contributed by atoms with E-state index in [0.29, 0.717) is 12.1 Å². The Morgan fingerprint density at radius 3 is 2.94 bits per heavy atom. The van der Waals surface area contributed by atoms with Crippen molar-refractivity contribution in [3.63, 3.8) is 0 Å².